The first-order valence-corrected chi connectivity index (χ1v) is 5.51. The molecule has 0 saturated carbocycles. The summed E-state index contributed by atoms with van der Waals surface area (Å²) < 4.78 is 0. The molecule has 0 aliphatic heterocycles. The van der Waals surface area contributed by atoms with Crippen LogP contribution in [0.5, 0.6) is 0 Å². The molecule has 2 rings (SSSR count). The van der Waals surface area contributed by atoms with E-state index in [0.29, 0.717) is 5.28 Å². The van der Waals surface area contributed by atoms with Gasteiger partial charge in [-0.3, -0.25) is 0 Å². The summed E-state index contributed by atoms with van der Waals surface area (Å²) in [4.78, 5) is 8.51. The highest BCUT2D eigenvalue weighted by atomic mass is 35.5. The lowest BCUT2D eigenvalue weighted by Crippen LogP contribution is -1.95. The zero-order chi connectivity index (χ0) is 10.8. The van der Waals surface area contributed by atoms with Crippen molar-refractivity contribution in [2.75, 3.05) is 0 Å². The van der Waals surface area contributed by atoms with Gasteiger partial charge in [0.05, 0.1) is 11.2 Å². The monoisotopic (exact) mass is 220 g/mol. The molecule has 0 saturated heterocycles. The standard InChI is InChI=1S/C12H13ClN2/c1-3-4-10-9-6-5-8(2)7-11(9)15-12(13)14-10/h5-7H,3-4H2,1-2H3. The second kappa shape index (κ2) is 4.15. The van der Waals surface area contributed by atoms with Gasteiger partial charge in [0.2, 0.25) is 5.28 Å². The van der Waals surface area contributed by atoms with Gasteiger partial charge in [-0.25, -0.2) is 9.97 Å². The number of aromatic nitrogens is 2. The fourth-order valence-corrected chi connectivity index (χ4v) is 1.89. The van der Waals surface area contributed by atoms with Crippen molar-refractivity contribution in [1.82, 2.24) is 9.97 Å². The molecule has 1 aromatic heterocycles. The van der Waals surface area contributed by atoms with Crippen molar-refractivity contribution in [3.63, 3.8) is 0 Å². The smallest absolute Gasteiger partial charge is 0.222 e. The van der Waals surface area contributed by atoms with Crippen LogP contribution >= 0.6 is 11.6 Å². The minimum Gasteiger partial charge on any atom is -0.222 e. The molecule has 0 fully saturated rings. The number of aryl methyl sites for hydroxylation is 2. The van der Waals surface area contributed by atoms with E-state index in [0.717, 1.165) is 29.4 Å². The number of fused-ring (bicyclic) bond motifs is 1. The summed E-state index contributed by atoms with van der Waals surface area (Å²) in [6, 6.07) is 6.20. The zero-order valence-corrected chi connectivity index (χ0v) is 9.67. The highest BCUT2D eigenvalue weighted by Crippen LogP contribution is 2.20. The molecule has 0 N–H and O–H groups in total. The Balaban J connectivity index is 2.68. The molecule has 0 bridgehead atoms. The molecule has 1 heterocycles. The predicted octanol–water partition coefficient (Wildman–Crippen LogP) is 3.54. The maximum atomic E-state index is 5.89. The fraction of sp³-hybridized carbons (Fsp3) is 0.333. The van der Waals surface area contributed by atoms with Crippen molar-refractivity contribution in [2.24, 2.45) is 0 Å². The van der Waals surface area contributed by atoms with Crippen molar-refractivity contribution in [3.8, 4) is 0 Å². The molecule has 0 radical (unpaired) electrons. The molecule has 0 aliphatic rings. The van der Waals surface area contributed by atoms with Crippen LogP contribution in [0.25, 0.3) is 10.9 Å². The maximum Gasteiger partial charge on any atom is 0.223 e. The van der Waals surface area contributed by atoms with Gasteiger partial charge in [-0.15, -0.1) is 0 Å². The summed E-state index contributed by atoms with van der Waals surface area (Å²) in [5.74, 6) is 0. The molecule has 1 aromatic carbocycles. The van der Waals surface area contributed by atoms with E-state index in [1.54, 1.807) is 0 Å². The van der Waals surface area contributed by atoms with Crippen LogP contribution in [-0.4, -0.2) is 9.97 Å². The quantitative estimate of drug-likeness (QED) is 0.724. The van der Waals surface area contributed by atoms with Crippen LogP contribution in [0, 0.1) is 6.92 Å². The molecule has 2 aromatic rings. The number of hydrogen-bond acceptors (Lipinski definition) is 2. The third kappa shape index (κ3) is 2.10. The molecular formula is C12H13ClN2. The molecular weight excluding hydrogens is 208 g/mol. The van der Waals surface area contributed by atoms with E-state index < -0.39 is 0 Å². The van der Waals surface area contributed by atoms with E-state index in [2.05, 4.69) is 35.9 Å². The van der Waals surface area contributed by atoms with Crippen LogP contribution < -0.4 is 0 Å². The van der Waals surface area contributed by atoms with Crippen LogP contribution in [0.2, 0.25) is 5.28 Å². The van der Waals surface area contributed by atoms with E-state index in [1.807, 2.05) is 6.07 Å². The van der Waals surface area contributed by atoms with Crippen molar-refractivity contribution >= 4 is 22.5 Å². The first-order valence-electron chi connectivity index (χ1n) is 5.13. The first-order chi connectivity index (χ1) is 7.20. The van der Waals surface area contributed by atoms with E-state index >= 15 is 0 Å². The number of halogens is 1. The van der Waals surface area contributed by atoms with Gasteiger partial charge in [-0.05, 0) is 36.6 Å². The summed E-state index contributed by atoms with van der Waals surface area (Å²) in [5.41, 5.74) is 3.19. The molecule has 0 aliphatic carbocycles. The third-order valence-electron chi connectivity index (χ3n) is 2.39. The van der Waals surface area contributed by atoms with Crippen molar-refractivity contribution < 1.29 is 0 Å². The summed E-state index contributed by atoms with van der Waals surface area (Å²) in [6.45, 7) is 4.19. The summed E-state index contributed by atoms with van der Waals surface area (Å²) in [7, 11) is 0. The molecule has 0 spiro atoms. The Labute approximate surface area is 94.3 Å². The van der Waals surface area contributed by atoms with E-state index in [9.17, 15) is 0 Å². The highest BCUT2D eigenvalue weighted by Gasteiger charge is 2.05. The SMILES string of the molecule is CCCc1nc(Cl)nc2cc(C)ccc12. The number of rotatable bonds is 2. The third-order valence-corrected chi connectivity index (χ3v) is 2.56. The Hall–Kier alpha value is -1.15. The van der Waals surface area contributed by atoms with Crippen LogP contribution in [-0.2, 0) is 6.42 Å². The fourth-order valence-electron chi connectivity index (χ4n) is 1.70. The number of hydrogen-bond donors (Lipinski definition) is 0. The molecule has 2 nitrogen and oxygen atoms in total. The van der Waals surface area contributed by atoms with Crippen LogP contribution in [0.4, 0.5) is 0 Å². The topological polar surface area (TPSA) is 25.8 Å². The predicted molar refractivity (Wildman–Crippen MR) is 63.3 cm³/mol. The molecule has 15 heavy (non-hydrogen) atoms. The largest absolute Gasteiger partial charge is 0.223 e. The van der Waals surface area contributed by atoms with Gasteiger partial charge in [0.1, 0.15) is 0 Å². The van der Waals surface area contributed by atoms with Gasteiger partial charge >= 0.3 is 0 Å². The molecule has 78 valence electrons. The van der Waals surface area contributed by atoms with Gasteiger partial charge in [-0.2, -0.15) is 0 Å². The van der Waals surface area contributed by atoms with Crippen LogP contribution in [0.3, 0.4) is 0 Å². The van der Waals surface area contributed by atoms with Crippen molar-refractivity contribution in [3.05, 3.63) is 34.7 Å². The van der Waals surface area contributed by atoms with Crippen LogP contribution in [0.15, 0.2) is 18.2 Å². The molecule has 3 heteroatoms. The maximum absolute atomic E-state index is 5.89. The lowest BCUT2D eigenvalue weighted by atomic mass is 10.1. The van der Waals surface area contributed by atoms with E-state index in [-0.39, 0.29) is 0 Å². The van der Waals surface area contributed by atoms with Crippen molar-refractivity contribution in [2.45, 2.75) is 26.7 Å². The summed E-state index contributed by atoms with van der Waals surface area (Å²) in [6.07, 6.45) is 2.01. The minimum absolute atomic E-state index is 0.344. The molecule has 0 unspecified atom stereocenters. The lowest BCUT2D eigenvalue weighted by Gasteiger charge is -2.05. The number of benzene rings is 1. The van der Waals surface area contributed by atoms with Gasteiger partial charge in [0, 0.05) is 5.39 Å². The van der Waals surface area contributed by atoms with Crippen molar-refractivity contribution in [1.29, 1.82) is 0 Å². The van der Waals surface area contributed by atoms with Crippen LogP contribution in [0.1, 0.15) is 24.6 Å². The number of nitrogens with zero attached hydrogens (tertiary/aromatic N) is 2. The van der Waals surface area contributed by atoms with Gasteiger partial charge in [0.15, 0.2) is 0 Å². The summed E-state index contributed by atoms with van der Waals surface area (Å²) in [5, 5.41) is 1.46. The average Bonchev–Trinajstić information content (AvgIpc) is 2.17. The van der Waals surface area contributed by atoms with E-state index in [1.165, 1.54) is 5.56 Å². The van der Waals surface area contributed by atoms with E-state index in [4.69, 9.17) is 11.6 Å². The minimum atomic E-state index is 0.344. The highest BCUT2D eigenvalue weighted by molar-refractivity contribution is 6.28. The average molecular weight is 221 g/mol. The van der Waals surface area contributed by atoms with Gasteiger partial charge in [-0.1, -0.05) is 25.5 Å². The first kappa shape index (κ1) is 10.4. The Morgan fingerprint density at radius 3 is 2.80 bits per heavy atom. The Morgan fingerprint density at radius 2 is 2.07 bits per heavy atom. The summed E-state index contributed by atoms with van der Waals surface area (Å²) >= 11 is 5.89. The molecule has 0 atom stereocenters. The Morgan fingerprint density at radius 1 is 1.27 bits per heavy atom. The zero-order valence-electron chi connectivity index (χ0n) is 8.92. The van der Waals surface area contributed by atoms with Gasteiger partial charge in [0.25, 0.3) is 0 Å². The second-order valence-corrected chi connectivity index (χ2v) is 4.05. The Kier molecular flexibility index (Phi) is 2.87. The molecule has 0 amide bonds. The normalized spacial score (nSPS) is 10.9. The second-order valence-electron chi connectivity index (χ2n) is 3.71. The lowest BCUT2D eigenvalue weighted by molar-refractivity contribution is 0.886. The van der Waals surface area contributed by atoms with Gasteiger partial charge < -0.3 is 0 Å². The Bertz CT molecular complexity index is 489.